The van der Waals surface area contributed by atoms with Crippen molar-refractivity contribution in [2.45, 2.75) is 26.8 Å². The number of rotatable bonds is 3. The molecule has 1 heterocycles. The molecule has 1 aliphatic heterocycles. The Bertz CT molecular complexity index is 869. The first kappa shape index (κ1) is 18.5. The monoisotopic (exact) mass is 372 g/mol. The third-order valence-corrected chi connectivity index (χ3v) is 5.45. The Morgan fingerprint density at radius 1 is 1.12 bits per heavy atom. The Kier molecular flexibility index (Phi) is 5.32. The highest BCUT2D eigenvalue weighted by atomic mass is 32.2. The van der Waals surface area contributed by atoms with Gasteiger partial charge in [0.05, 0.1) is 11.4 Å². The Morgan fingerprint density at radius 2 is 1.81 bits per heavy atom. The first-order valence-corrected chi connectivity index (χ1v) is 9.55. The SMILES string of the molecule is Cc1ccc(NC(=O)C2CSCN2C(=O)c2cc(C)ccc2F)c(C)c1. The van der Waals surface area contributed by atoms with E-state index in [0.29, 0.717) is 11.6 Å². The molecule has 1 unspecified atom stereocenters. The zero-order valence-electron chi connectivity index (χ0n) is 15.0. The molecule has 0 spiro atoms. The van der Waals surface area contributed by atoms with Crippen molar-refractivity contribution in [1.29, 1.82) is 0 Å². The molecule has 1 atom stereocenters. The van der Waals surface area contributed by atoms with E-state index in [-0.39, 0.29) is 11.5 Å². The second-order valence-electron chi connectivity index (χ2n) is 6.58. The van der Waals surface area contributed by atoms with Crippen LogP contribution in [0, 0.1) is 26.6 Å². The second kappa shape index (κ2) is 7.50. The zero-order chi connectivity index (χ0) is 18.8. The predicted octanol–water partition coefficient (Wildman–Crippen LogP) is 3.90. The van der Waals surface area contributed by atoms with Crippen LogP contribution in [0.15, 0.2) is 36.4 Å². The van der Waals surface area contributed by atoms with E-state index in [9.17, 15) is 14.0 Å². The number of amides is 2. The molecule has 2 amide bonds. The van der Waals surface area contributed by atoms with E-state index < -0.39 is 17.8 Å². The molecule has 0 aromatic heterocycles. The van der Waals surface area contributed by atoms with E-state index >= 15 is 0 Å². The maximum atomic E-state index is 14.1. The van der Waals surface area contributed by atoms with Gasteiger partial charge in [-0.2, -0.15) is 0 Å². The number of halogens is 1. The molecule has 2 aromatic carbocycles. The number of carbonyl (C=O) groups is 2. The highest BCUT2D eigenvalue weighted by Crippen LogP contribution is 2.26. The maximum absolute atomic E-state index is 14.1. The van der Waals surface area contributed by atoms with Crippen LogP contribution in [0.5, 0.6) is 0 Å². The number of anilines is 1. The van der Waals surface area contributed by atoms with Crippen LogP contribution in [0.25, 0.3) is 0 Å². The molecule has 1 aliphatic rings. The van der Waals surface area contributed by atoms with Gasteiger partial charge in [-0.05, 0) is 44.5 Å². The van der Waals surface area contributed by atoms with Crippen molar-refractivity contribution in [1.82, 2.24) is 4.90 Å². The maximum Gasteiger partial charge on any atom is 0.258 e. The lowest BCUT2D eigenvalue weighted by molar-refractivity contribution is -0.119. The molecule has 3 rings (SSSR count). The fourth-order valence-electron chi connectivity index (χ4n) is 2.99. The lowest BCUT2D eigenvalue weighted by Crippen LogP contribution is -2.44. The van der Waals surface area contributed by atoms with Gasteiger partial charge in [-0.15, -0.1) is 11.8 Å². The first-order valence-electron chi connectivity index (χ1n) is 8.40. The fourth-order valence-corrected chi connectivity index (χ4v) is 4.14. The summed E-state index contributed by atoms with van der Waals surface area (Å²) < 4.78 is 14.1. The fraction of sp³-hybridized carbons (Fsp3) is 0.300. The number of nitrogens with one attached hydrogen (secondary N) is 1. The van der Waals surface area contributed by atoms with Crippen molar-refractivity contribution in [2.75, 3.05) is 16.9 Å². The van der Waals surface area contributed by atoms with Gasteiger partial charge in [0.25, 0.3) is 5.91 Å². The molecule has 1 saturated heterocycles. The van der Waals surface area contributed by atoms with E-state index in [0.717, 1.165) is 22.4 Å². The first-order chi connectivity index (χ1) is 12.4. The van der Waals surface area contributed by atoms with Crippen molar-refractivity contribution in [3.8, 4) is 0 Å². The predicted molar refractivity (Wildman–Crippen MR) is 103 cm³/mol. The quantitative estimate of drug-likeness (QED) is 0.889. The summed E-state index contributed by atoms with van der Waals surface area (Å²) in [5.74, 6) is -0.390. The average Bonchev–Trinajstić information content (AvgIpc) is 3.08. The number of carbonyl (C=O) groups excluding carboxylic acids is 2. The largest absolute Gasteiger partial charge is 0.324 e. The van der Waals surface area contributed by atoms with Crippen LogP contribution < -0.4 is 5.32 Å². The lowest BCUT2D eigenvalue weighted by atomic mass is 10.1. The van der Waals surface area contributed by atoms with Gasteiger partial charge in [0.2, 0.25) is 5.91 Å². The normalized spacial score (nSPS) is 16.6. The Balaban J connectivity index is 1.80. The van der Waals surface area contributed by atoms with Gasteiger partial charge in [0.15, 0.2) is 0 Å². The summed E-state index contributed by atoms with van der Waals surface area (Å²) in [6.45, 7) is 5.72. The molecule has 1 fully saturated rings. The van der Waals surface area contributed by atoms with Crippen molar-refractivity contribution < 1.29 is 14.0 Å². The molecular formula is C20H21FN2O2S. The Hall–Kier alpha value is -2.34. The molecule has 0 saturated carbocycles. The summed E-state index contributed by atoms with van der Waals surface area (Å²) in [5.41, 5.74) is 3.62. The number of nitrogens with zero attached hydrogens (tertiary/aromatic N) is 1. The van der Waals surface area contributed by atoms with E-state index in [1.807, 2.05) is 32.0 Å². The van der Waals surface area contributed by atoms with Crippen molar-refractivity contribution in [3.05, 3.63) is 64.5 Å². The van der Waals surface area contributed by atoms with E-state index in [4.69, 9.17) is 0 Å². The summed E-state index contributed by atoms with van der Waals surface area (Å²) in [6.07, 6.45) is 0. The Morgan fingerprint density at radius 3 is 2.54 bits per heavy atom. The standard InChI is InChI=1S/C20H21FN2O2S/c1-12-5-7-17(14(3)8-12)22-19(24)18-10-26-11-23(18)20(25)15-9-13(2)4-6-16(15)21/h4-9,18H,10-11H2,1-3H3,(H,22,24). The van der Waals surface area contributed by atoms with Crippen LogP contribution in [0.1, 0.15) is 27.0 Å². The molecule has 2 aromatic rings. The van der Waals surface area contributed by atoms with Crippen LogP contribution in [0.3, 0.4) is 0 Å². The molecule has 0 bridgehead atoms. The van der Waals surface area contributed by atoms with Gasteiger partial charge in [-0.25, -0.2) is 4.39 Å². The third kappa shape index (κ3) is 3.75. The molecule has 4 nitrogen and oxygen atoms in total. The van der Waals surface area contributed by atoms with Gasteiger partial charge < -0.3 is 10.2 Å². The van der Waals surface area contributed by atoms with Crippen LogP contribution >= 0.6 is 11.8 Å². The highest BCUT2D eigenvalue weighted by Gasteiger charge is 2.36. The molecule has 0 radical (unpaired) electrons. The molecule has 1 N–H and O–H groups in total. The van der Waals surface area contributed by atoms with E-state index in [1.165, 1.54) is 28.8 Å². The van der Waals surface area contributed by atoms with Gasteiger partial charge in [0.1, 0.15) is 11.9 Å². The zero-order valence-corrected chi connectivity index (χ0v) is 15.8. The topological polar surface area (TPSA) is 49.4 Å². The van der Waals surface area contributed by atoms with Crippen LogP contribution in [-0.2, 0) is 4.79 Å². The minimum Gasteiger partial charge on any atom is -0.324 e. The summed E-state index contributed by atoms with van der Waals surface area (Å²) in [4.78, 5) is 27.0. The summed E-state index contributed by atoms with van der Waals surface area (Å²) in [7, 11) is 0. The summed E-state index contributed by atoms with van der Waals surface area (Å²) in [5, 5.41) is 2.90. The van der Waals surface area contributed by atoms with E-state index in [2.05, 4.69) is 5.32 Å². The summed E-state index contributed by atoms with van der Waals surface area (Å²) in [6, 6.07) is 9.59. The van der Waals surface area contributed by atoms with Crippen LogP contribution in [0.4, 0.5) is 10.1 Å². The van der Waals surface area contributed by atoms with Crippen LogP contribution in [-0.4, -0.2) is 34.4 Å². The molecule has 136 valence electrons. The van der Waals surface area contributed by atoms with Crippen molar-refractivity contribution in [3.63, 3.8) is 0 Å². The molecule has 0 aliphatic carbocycles. The molecular weight excluding hydrogens is 351 g/mol. The van der Waals surface area contributed by atoms with Crippen molar-refractivity contribution in [2.24, 2.45) is 0 Å². The smallest absolute Gasteiger partial charge is 0.258 e. The number of benzene rings is 2. The van der Waals surface area contributed by atoms with Crippen molar-refractivity contribution >= 4 is 29.3 Å². The van der Waals surface area contributed by atoms with Gasteiger partial charge in [-0.3, -0.25) is 9.59 Å². The number of thioether (sulfide) groups is 1. The average molecular weight is 372 g/mol. The number of hydrogen-bond acceptors (Lipinski definition) is 3. The summed E-state index contributed by atoms with van der Waals surface area (Å²) >= 11 is 1.49. The van der Waals surface area contributed by atoms with Gasteiger partial charge >= 0.3 is 0 Å². The number of aryl methyl sites for hydroxylation is 3. The third-order valence-electron chi connectivity index (χ3n) is 4.44. The minimum absolute atomic E-state index is 0.0109. The number of hydrogen-bond donors (Lipinski definition) is 1. The second-order valence-corrected chi connectivity index (χ2v) is 7.58. The Labute approximate surface area is 156 Å². The van der Waals surface area contributed by atoms with Gasteiger partial charge in [-0.1, -0.05) is 29.3 Å². The van der Waals surface area contributed by atoms with E-state index in [1.54, 1.807) is 13.0 Å². The lowest BCUT2D eigenvalue weighted by Gasteiger charge is -2.24. The van der Waals surface area contributed by atoms with Crippen LogP contribution in [0.2, 0.25) is 0 Å². The minimum atomic E-state index is -0.617. The molecule has 26 heavy (non-hydrogen) atoms. The highest BCUT2D eigenvalue weighted by molar-refractivity contribution is 7.99. The van der Waals surface area contributed by atoms with Gasteiger partial charge in [0, 0.05) is 11.4 Å². The molecule has 6 heteroatoms.